The van der Waals surface area contributed by atoms with E-state index in [0.29, 0.717) is 24.5 Å². The Labute approximate surface area is 132 Å². The summed E-state index contributed by atoms with van der Waals surface area (Å²) in [5.74, 6) is 4.16. The molecule has 3 aliphatic rings. The number of hydrogen-bond acceptors (Lipinski definition) is 2. The Morgan fingerprint density at radius 3 is 2.50 bits per heavy atom. The van der Waals surface area contributed by atoms with Crippen molar-refractivity contribution in [3.05, 3.63) is 29.8 Å². The highest BCUT2D eigenvalue weighted by Gasteiger charge is 2.39. The Morgan fingerprint density at radius 2 is 1.86 bits per heavy atom. The molecule has 1 aliphatic carbocycles. The van der Waals surface area contributed by atoms with Crippen LogP contribution in [-0.2, 0) is 4.79 Å². The molecule has 4 rings (SSSR count). The van der Waals surface area contributed by atoms with Crippen LogP contribution in [0.5, 0.6) is 5.75 Å². The second kappa shape index (κ2) is 6.87. The Morgan fingerprint density at radius 1 is 1.14 bits per heavy atom. The summed E-state index contributed by atoms with van der Waals surface area (Å²) in [6, 6.07) is 8.09. The first-order valence-corrected chi connectivity index (χ1v) is 8.28. The molecular weight excluding hydrogens is 274 g/mol. The largest absolute Gasteiger partial charge is 0.494 e. The lowest BCUT2D eigenvalue weighted by atomic mass is 9.79. The van der Waals surface area contributed by atoms with E-state index in [-0.39, 0.29) is 0 Å². The van der Waals surface area contributed by atoms with E-state index in [1.54, 1.807) is 0 Å². The number of piperidine rings is 2. The van der Waals surface area contributed by atoms with E-state index in [1.165, 1.54) is 12.8 Å². The van der Waals surface area contributed by atoms with Crippen molar-refractivity contribution in [2.45, 2.75) is 44.6 Å². The monoisotopic (exact) mass is 297 g/mol. The molecule has 0 radical (unpaired) electrons. The minimum absolute atomic E-state index is 0.316. The van der Waals surface area contributed by atoms with Crippen molar-refractivity contribution in [2.75, 3.05) is 13.2 Å². The van der Waals surface area contributed by atoms with Gasteiger partial charge in [-0.25, -0.2) is 0 Å². The van der Waals surface area contributed by atoms with Crippen molar-refractivity contribution in [2.24, 2.45) is 5.92 Å². The Bertz CT molecular complexity index is 550. The lowest BCUT2D eigenvalue weighted by Gasteiger charge is -2.44. The van der Waals surface area contributed by atoms with Crippen LogP contribution in [-0.4, -0.2) is 30.0 Å². The van der Waals surface area contributed by atoms with Crippen LogP contribution in [0.25, 0.3) is 0 Å². The summed E-state index contributed by atoms with van der Waals surface area (Å²) >= 11 is 0. The summed E-state index contributed by atoms with van der Waals surface area (Å²) in [6.45, 7) is 1.57. The maximum absolute atomic E-state index is 12.2. The zero-order valence-electron chi connectivity index (χ0n) is 13.0. The number of benzene rings is 1. The molecule has 0 unspecified atom stereocenters. The molecule has 116 valence electrons. The second-order valence-corrected chi connectivity index (χ2v) is 6.26. The molecule has 3 fully saturated rings. The Balaban J connectivity index is 1.37. The van der Waals surface area contributed by atoms with Crippen molar-refractivity contribution in [3.8, 4) is 18.1 Å². The molecule has 3 nitrogen and oxygen atoms in total. The number of unbranched alkanes of at least 4 members (excludes halogenated alkanes) is 1. The normalized spacial score (nSPS) is 23.4. The van der Waals surface area contributed by atoms with Crippen molar-refractivity contribution in [3.63, 3.8) is 0 Å². The number of carbonyl (C=O) groups is 1. The topological polar surface area (TPSA) is 29.5 Å². The number of fused-ring (bicyclic) bond motifs is 3. The lowest BCUT2D eigenvalue weighted by molar-refractivity contribution is -0.147. The van der Waals surface area contributed by atoms with Crippen LogP contribution >= 0.6 is 0 Å². The number of nitrogens with zero attached hydrogens (tertiary/aromatic N) is 1. The highest BCUT2D eigenvalue weighted by Crippen LogP contribution is 2.35. The van der Waals surface area contributed by atoms with Gasteiger partial charge in [0.25, 0.3) is 0 Å². The van der Waals surface area contributed by atoms with Gasteiger partial charge in [0.1, 0.15) is 5.75 Å². The van der Waals surface area contributed by atoms with Gasteiger partial charge in [-0.05, 0) is 62.8 Å². The van der Waals surface area contributed by atoms with E-state index >= 15 is 0 Å². The molecule has 0 spiro atoms. The first-order valence-electron chi connectivity index (χ1n) is 8.28. The molecule has 1 aromatic rings. The summed E-state index contributed by atoms with van der Waals surface area (Å²) in [4.78, 5) is 14.3. The number of terminal acetylenes is 1. The summed E-state index contributed by atoms with van der Waals surface area (Å²) < 4.78 is 5.71. The molecular formula is C19H23NO2. The summed E-state index contributed by atoms with van der Waals surface area (Å²) in [7, 11) is 0. The smallest absolute Gasteiger partial charge is 0.225 e. The van der Waals surface area contributed by atoms with E-state index in [0.717, 1.165) is 43.5 Å². The summed E-state index contributed by atoms with van der Waals surface area (Å²) in [6.07, 6.45) is 11.9. The molecule has 22 heavy (non-hydrogen) atoms. The SMILES string of the molecule is C#Cc1ccc(OCCCCN2C(=O)C3CCC2CC3)cc1. The van der Waals surface area contributed by atoms with E-state index < -0.39 is 0 Å². The van der Waals surface area contributed by atoms with Crippen molar-refractivity contribution in [1.82, 2.24) is 4.90 Å². The third-order valence-corrected chi connectivity index (χ3v) is 4.85. The molecule has 1 amide bonds. The molecule has 2 bridgehead atoms. The van der Waals surface area contributed by atoms with Gasteiger partial charge in [-0.1, -0.05) is 5.92 Å². The third kappa shape index (κ3) is 3.27. The first kappa shape index (κ1) is 15.0. The number of hydrogen-bond donors (Lipinski definition) is 0. The van der Waals surface area contributed by atoms with Crippen LogP contribution in [0.4, 0.5) is 0 Å². The van der Waals surface area contributed by atoms with Gasteiger partial charge >= 0.3 is 0 Å². The molecule has 0 aromatic heterocycles. The number of ether oxygens (including phenoxy) is 1. The Hall–Kier alpha value is -1.95. The Kier molecular flexibility index (Phi) is 4.68. The summed E-state index contributed by atoms with van der Waals surface area (Å²) in [5.41, 5.74) is 0.867. The average molecular weight is 297 g/mol. The van der Waals surface area contributed by atoms with Crippen molar-refractivity contribution >= 4 is 5.91 Å². The van der Waals surface area contributed by atoms with Crippen LogP contribution in [0.2, 0.25) is 0 Å². The highest BCUT2D eigenvalue weighted by atomic mass is 16.5. The molecule has 2 saturated heterocycles. The quantitative estimate of drug-likeness (QED) is 0.596. The van der Waals surface area contributed by atoms with Gasteiger partial charge in [0.15, 0.2) is 0 Å². The van der Waals surface area contributed by atoms with E-state index in [4.69, 9.17) is 11.2 Å². The van der Waals surface area contributed by atoms with Crippen LogP contribution in [0, 0.1) is 18.3 Å². The van der Waals surface area contributed by atoms with Gasteiger partial charge in [-0.15, -0.1) is 6.42 Å². The molecule has 2 aliphatic heterocycles. The number of amides is 1. The fourth-order valence-corrected chi connectivity index (χ4v) is 3.56. The third-order valence-electron chi connectivity index (χ3n) is 4.85. The van der Waals surface area contributed by atoms with E-state index in [2.05, 4.69) is 10.8 Å². The van der Waals surface area contributed by atoms with Gasteiger partial charge in [-0.3, -0.25) is 4.79 Å². The van der Waals surface area contributed by atoms with Crippen LogP contribution in [0.3, 0.4) is 0 Å². The molecule has 0 atom stereocenters. The summed E-state index contributed by atoms with van der Waals surface area (Å²) in [5, 5.41) is 0. The maximum Gasteiger partial charge on any atom is 0.225 e. The van der Waals surface area contributed by atoms with Gasteiger partial charge in [0.2, 0.25) is 5.91 Å². The van der Waals surface area contributed by atoms with E-state index in [1.807, 2.05) is 24.3 Å². The standard InChI is InChI=1S/C19H23NO2/c1-2-15-5-11-18(12-6-15)22-14-4-3-13-20-17-9-7-16(8-10-17)19(20)21/h1,5-6,11-12,16-17H,3-4,7-10,13-14H2. The number of rotatable bonds is 6. The molecule has 1 saturated carbocycles. The fourth-order valence-electron chi connectivity index (χ4n) is 3.56. The van der Waals surface area contributed by atoms with Gasteiger partial charge in [0, 0.05) is 24.1 Å². The van der Waals surface area contributed by atoms with Crippen LogP contribution in [0.15, 0.2) is 24.3 Å². The lowest BCUT2D eigenvalue weighted by Crippen LogP contribution is -2.52. The average Bonchev–Trinajstić information content (AvgIpc) is 2.58. The van der Waals surface area contributed by atoms with E-state index in [9.17, 15) is 4.79 Å². The van der Waals surface area contributed by atoms with Gasteiger partial charge < -0.3 is 9.64 Å². The minimum Gasteiger partial charge on any atom is -0.494 e. The van der Waals surface area contributed by atoms with Crippen LogP contribution < -0.4 is 4.74 Å². The predicted molar refractivity (Wildman–Crippen MR) is 86.6 cm³/mol. The highest BCUT2D eigenvalue weighted by molar-refractivity contribution is 5.80. The van der Waals surface area contributed by atoms with Crippen molar-refractivity contribution in [1.29, 1.82) is 0 Å². The first-order chi connectivity index (χ1) is 10.8. The molecule has 3 heteroatoms. The zero-order chi connectivity index (χ0) is 15.4. The minimum atomic E-state index is 0.316. The van der Waals surface area contributed by atoms with Crippen molar-refractivity contribution < 1.29 is 9.53 Å². The van der Waals surface area contributed by atoms with Gasteiger partial charge in [-0.2, -0.15) is 0 Å². The maximum atomic E-state index is 12.2. The molecule has 2 heterocycles. The predicted octanol–water partition coefficient (Wildman–Crippen LogP) is 3.23. The zero-order valence-corrected chi connectivity index (χ0v) is 13.0. The number of carbonyl (C=O) groups excluding carboxylic acids is 1. The van der Waals surface area contributed by atoms with Crippen LogP contribution in [0.1, 0.15) is 44.1 Å². The molecule has 1 aromatic carbocycles. The second-order valence-electron chi connectivity index (χ2n) is 6.26. The fraction of sp³-hybridized carbons (Fsp3) is 0.526. The van der Waals surface area contributed by atoms with Gasteiger partial charge in [0.05, 0.1) is 6.61 Å². The molecule has 0 N–H and O–H groups in total.